The van der Waals surface area contributed by atoms with E-state index >= 15 is 0 Å². The summed E-state index contributed by atoms with van der Waals surface area (Å²) in [7, 11) is 1.47. The van der Waals surface area contributed by atoms with Crippen LogP contribution in [0.3, 0.4) is 0 Å². The van der Waals surface area contributed by atoms with Crippen LogP contribution in [-0.2, 0) is 4.74 Å². The van der Waals surface area contributed by atoms with Crippen LogP contribution in [0.25, 0.3) is 0 Å². The van der Waals surface area contributed by atoms with Gasteiger partial charge in [-0.2, -0.15) is 0 Å². The summed E-state index contributed by atoms with van der Waals surface area (Å²) >= 11 is 0. The van der Waals surface area contributed by atoms with Gasteiger partial charge < -0.3 is 4.74 Å². The maximum Gasteiger partial charge on any atom is 0.294 e. The van der Waals surface area contributed by atoms with Gasteiger partial charge in [0.15, 0.2) is 5.90 Å². The molecule has 0 aliphatic rings. The van der Waals surface area contributed by atoms with E-state index in [4.69, 9.17) is 4.74 Å². The average Bonchev–Trinajstić information content (AvgIpc) is 2.17. The van der Waals surface area contributed by atoms with Crippen LogP contribution >= 0.6 is 0 Å². The third kappa shape index (κ3) is 2.77. The molecule has 1 aromatic rings. The van der Waals surface area contributed by atoms with Gasteiger partial charge >= 0.3 is 0 Å². The number of aryl methyl sites for hydroxylation is 1. The first-order valence-electron chi connectivity index (χ1n) is 4.39. The molecule has 0 spiro atoms. The van der Waals surface area contributed by atoms with E-state index in [1.54, 1.807) is 19.1 Å². The fourth-order valence-corrected chi connectivity index (χ4v) is 1.09. The number of ether oxygens (including phenoxy) is 1. The number of methoxy groups -OCH3 is 1. The molecule has 5 heteroatoms. The van der Waals surface area contributed by atoms with E-state index in [1.807, 2.05) is 6.92 Å². The SMILES string of the molecule is COC(C)=Nc1cc(C)ccc1[N+](=O)[O-]. The maximum atomic E-state index is 10.7. The highest BCUT2D eigenvalue weighted by molar-refractivity contribution is 5.78. The second kappa shape index (κ2) is 4.54. The van der Waals surface area contributed by atoms with Crippen molar-refractivity contribution in [1.82, 2.24) is 0 Å². The van der Waals surface area contributed by atoms with Crippen molar-refractivity contribution in [3.05, 3.63) is 33.9 Å². The second-order valence-electron chi connectivity index (χ2n) is 3.08. The van der Waals surface area contributed by atoms with Gasteiger partial charge in [0.1, 0.15) is 5.69 Å². The van der Waals surface area contributed by atoms with Crippen molar-refractivity contribution in [2.24, 2.45) is 4.99 Å². The first-order valence-corrected chi connectivity index (χ1v) is 4.39. The Kier molecular flexibility index (Phi) is 3.38. The normalized spacial score (nSPS) is 11.3. The molecule has 0 saturated carbocycles. The van der Waals surface area contributed by atoms with Crippen LogP contribution in [0.15, 0.2) is 23.2 Å². The number of hydrogen-bond donors (Lipinski definition) is 0. The van der Waals surface area contributed by atoms with Crippen molar-refractivity contribution in [3.63, 3.8) is 0 Å². The molecule has 1 rings (SSSR count). The largest absolute Gasteiger partial charge is 0.484 e. The monoisotopic (exact) mass is 208 g/mol. The highest BCUT2D eigenvalue weighted by Crippen LogP contribution is 2.28. The smallest absolute Gasteiger partial charge is 0.294 e. The van der Waals surface area contributed by atoms with E-state index in [0.29, 0.717) is 11.6 Å². The van der Waals surface area contributed by atoms with Crippen LogP contribution < -0.4 is 0 Å². The van der Waals surface area contributed by atoms with E-state index in [2.05, 4.69) is 4.99 Å². The topological polar surface area (TPSA) is 64.7 Å². The number of aliphatic imine (C=N–C) groups is 1. The molecule has 0 atom stereocenters. The zero-order valence-corrected chi connectivity index (χ0v) is 8.85. The Bertz CT molecular complexity index is 413. The molecule has 0 aliphatic heterocycles. The van der Waals surface area contributed by atoms with Crippen LogP contribution in [0, 0.1) is 17.0 Å². The van der Waals surface area contributed by atoms with Gasteiger partial charge in [-0.25, -0.2) is 4.99 Å². The zero-order chi connectivity index (χ0) is 11.4. The van der Waals surface area contributed by atoms with Gasteiger partial charge in [-0.3, -0.25) is 10.1 Å². The lowest BCUT2D eigenvalue weighted by Crippen LogP contribution is -1.94. The number of benzene rings is 1. The maximum absolute atomic E-state index is 10.7. The first kappa shape index (κ1) is 11.2. The Morgan fingerprint density at radius 3 is 2.73 bits per heavy atom. The molecule has 0 unspecified atom stereocenters. The van der Waals surface area contributed by atoms with Gasteiger partial charge in [0.2, 0.25) is 0 Å². The van der Waals surface area contributed by atoms with Crippen molar-refractivity contribution in [2.45, 2.75) is 13.8 Å². The molecule has 0 fully saturated rings. The molecule has 0 radical (unpaired) electrons. The Balaban J connectivity index is 3.25. The van der Waals surface area contributed by atoms with E-state index < -0.39 is 4.92 Å². The van der Waals surface area contributed by atoms with Crippen molar-refractivity contribution in [1.29, 1.82) is 0 Å². The molecule has 0 bridgehead atoms. The number of rotatable bonds is 2. The lowest BCUT2D eigenvalue weighted by molar-refractivity contribution is -0.384. The molecule has 0 aromatic heterocycles. The van der Waals surface area contributed by atoms with Crippen molar-refractivity contribution >= 4 is 17.3 Å². The Morgan fingerprint density at radius 1 is 1.53 bits per heavy atom. The Hall–Kier alpha value is -1.91. The number of nitro benzene ring substituents is 1. The summed E-state index contributed by atoms with van der Waals surface area (Å²) in [5.74, 6) is 0.392. The predicted molar refractivity (Wildman–Crippen MR) is 57.6 cm³/mol. The molecule has 80 valence electrons. The molecule has 0 N–H and O–H groups in total. The number of hydrogen-bond acceptors (Lipinski definition) is 4. The molecule has 0 heterocycles. The molecule has 0 aliphatic carbocycles. The van der Waals surface area contributed by atoms with E-state index in [9.17, 15) is 10.1 Å². The molecule has 5 nitrogen and oxygen atoms in total. The van der Waals surface area contributed by atoms with Crippen LogP contribution in [0.5, 0.6) is 0 Å². The van der Waals surface area contributed by atoms with Gasteiger partial charge in [-0.15, -0.1) is 0 Å². The molecule has 0 amide bonds. The summed E-state index contributed by atoms with van der Waals surface area (Å²) in [6.45, 7) is 3.50. The summed E-state index contributed by atoms with van der Waals surface area (Å²) in [5, 5.41) is 10.7. The molecular weight excluding hydrogens is 196 g/mol. The lowest BCUT2D eigenvalue weighted by Gasteiger charge is -2.01. The number of nitrogens with zero attached hydrogens (tertiary/aromatic N) is 2. The van der Waals surface area contributed by atoms with Crippen molar-refractivity contribution < 1.29 is 9.66 Å². The summed E-state index contributed by atoms with van der Waals surface area (Å²) in [4.78, 5) is 14.3. The summed E-state index contributed by atoms with van der Waals surface area (Å²) in [5.41, 5.74) is 1.22. The first-order chi connectivity index (χ1) is 7.04. The van der Waals surface area contributed by atoms with Crippen LogP contribution in [-0.4, -0.2) is 17.9 Å². The van der Waals surface area contributed by atoms with Gasteiger partial charge in [-0.05, 0) is 18.6 Å². The van der Waals surface area contributed by atoms with Crippen molar-refractivity contribution in [2.75, 3.05) is 7.11 Å². The Morgan fingerprint density at radius 2 is 2.20 bits per heavy atom. The molecule has 0 saturated heterocycles. The highest BCUT2D eigenvalue weighted by atomic mass is 16.6. The third-order valence-electron chi connectivity index (χ3n) is 1.90. The third-order valence-corrected chi connectivity index (χ3v) is 1.90. The fraction of sp³-hybridized carbons (Fsp3) is 0.300. The summed E-state index contributed by atoms with van der Waals surface area (Å²) in [6, 6.07) is 4.77. The minimum Gasteiger partial charge on any atom is -0.484 e. The van der Waals surface area contributed by atoms with E-state index in [0.717, 1.165) is 5.56 Å². The zero-order valence-electron chi connectivity index (χ0n) is 8.85. The van der Waals surface area contributed by atoms with E-state index in [1.165, 1.54) is 13.2 Å². The second-order valence-corrected chi connectivity index (χ2v) is 3.08. The summed E-state index contributed by atoms with van der Waals surface area (Å²) < 4.78 is 4.86. The average molecular weight is 208 g/mol. The van der Waals surface area contributed by atoms with Crippen molar-refractivity contribution in [3.8, 4) is 0 Å². The minimum atomic E-state index is -0.457. The van der Waals surface area contributed by atoms with Crippen LogP contribution in [0.4, 0.5) is 11.4 Å². The fourth-order valence-electron chi connectivity index (χ4n) is 1.09. The van der Waals surface area contributed by atoms with Gasteiger partial charge in [0, 0.05) is 13.0 Å². The minimum absolute atomic E-state index is 0.0167. The molecule has 1 aromatic carbocycles. The lowest BCUT2D eigenvalue weighted by atomic mass is 10.2. The Labute approximate surface area is 87.6 Å². The number of nitro groups is 1. The highest BCUT2D eigenvalue weighted by Gasteiger charge is 2.12. The van der Waals surface area contributed by atoms with E-state index in [-0.39, 0.29) is 5.69 Å². The van der Waals surface area contributed by atoms with Crippen LogP contribution in [0.2, 0.25) is 0 Å². The van der Waals surface area contributed by atoms with Gasteiger partial charge in [-0.1, -0.05) is 6.07 Å². The van der Waals surface area contributed by atoms with Gasteiger partial charge in [0.05, 0.1) is 12.0 Å². The quantitative estimate of drug-likeness (QED) is 0.325. The van der Waals surface area contributed by atoms with Crippen LogP contribution in [0.1, 0.15) is 12.5 Å². The predicted octanol–water partition coefficient (Wildman–Crippen LogP) is 2.60. The summed E-state index contributed by atoms with van der Waals surface area (Å²) in [6.07, 6.45) is 0. The standard InChI is InChI=1S/C10H12N2O3/c1-7-4-5-10(12(13)14)9(6-7)11-8(2)15-3/h4-6H,1-3H3. The molecule has 15 heavy (non-hydrogen) atoms. The van der Waals surface area contributed by atoms with Gasteiger partial charge in [0.25, 0.3) is 5.69 Å². The molecular formula is C10H12N2O3.